The van der Waals surface area contributed by atoms with Crippen LogP contribution in [0.2, 0.25) is 10.0 Å². The van der Waals surface area contributed by atoms with Crippen molar-refractivity contribution in [1.29, 1.82) is 0 Å². The maximum atomic E-state index is 14.3. The van der Waals surface area contributed by atoms with E-state index in [2.05, 4.69) is 5.32 Å². The zero-order valence-corrected chi connectivity index (χ0v) is 16.5. The summed E-state index contributed by atoms with van der Waals surface area (Å²) in [6.07, 6.45) is 2.40. The zero-order chi connectivity index (χ0) is 19.6. The molecule has 1 aliphatic rings. The van der Waals surface area contributed by atoms with Gasteiger partial charge in [0, 0.05) is 23.7 Å². The van der Waals surface area contributed by atoms with Crippen LogP contribution in [0, 0.1) is 5.82 Å². The zero-order valence-electron chi connectivity index (χ0n) is 14.2. The van der Waals surface area contributed by atoms with Crippen LogP contribution in [0.25, 0.3) is 0 Å². The van der Waals surface area contributed by atoms with Crippen LogP contribution in [0.5, 0.6) is 0 Å². The third kappa shape index (κ3) is 4.43. The average Bonchev–Trinajstić information content (AvgIpc) is 2.65. The number of sulfonamides is 1. The van der Waals surface area contributed by atoms with Crippen molar-refractivity contribution in [2.45, 2.75) is 24.2 Å². The minimum absolute atomic E-state index is 0.00280. The lowest BCUT2D eigenvalue weighted by atomic mass is 10.2. The van der Waals surface area contributed by atoms with Gasteiger partial charge < -0.3 is 5.32 Å². The smallest absolute Gasteiger partial charge is 0.255 e. The third-order valence-corrected chi connectivity index (χ3v) is 6.78. The van der Waals surface area contributed by atoms with Crippen molar-refractivity contribution >= 4 is 44.8 Å². The number of carbonyl (C=O) groups excluding carboxylic acids is 1. The summed E-state index contributed by atoms with van der Waals surface area (Å²) in [6.45, 7) is 0.687. The molecule has 144 valence electrons. The molecule has 1 heterocycles. The molecule has 0 aromatic heterocycles. The van der Waals surface area contributed by atoms with Gasteiger partial charge in [-0.15, -0.1) is 0 Å². The molecule has 0 saturated carbocycles. The van der Waals surface area contributed by atoms with Gasteiger partial charge in [-0.3, -0.25) is 4.79 Å². The van der Waals surface area contributed by atoms with Gasteiger partial charge in [-0.2, -0.15) is 4.31 Å². The number of anilines is 1. The summed E-state index contributed by atoms with van der Waals surface area (Å²) in [6, 6.07) is 7.81. The fourth-order valence-corrected chi connectivity index (χ4v) is 4.82. The highest BCUT2D eigenvalue weighted by Crippen LogP contribution is 2.27. The highest BCUT2D eigenvalue weighted by molar-refractivity contribution is 7.89. The Morgan fingerprint density at radius 2 is 1.74 bits per heavy atom. The van der Waals surface area contributed by atoms with Crippen LogP contribution in [-0.4, -0.2) is 31.7 Å². The largest absolute Gasteiger partial charge is 0.321 e. The number of piperidine rings is 1. The molecular formula is C18H17Cl2FN2O3S. The van der Waals surface area contributed by atoms with Crippen LogP contribution in [0.1, 0.15) is 29.6 Å². The lowest BCUT2D eigenvalue weighted by Gasteiger charge is -2.26. The summed E-state index contributed by atoms with van der Waals surface area (Å²) < 4.78 is 41.0. The van der Waals surface area contributed by atoms with Crippen LogP contribution < -0.4 is 5.32 Å². The maximum Gasteiger partial charge on any atom is 0.255 e. The maximum absolute atomic E-state index is 14.3. The predicted octanol–water partition coefficient (Wildman–Crippen LogP) is 4.56. The van der Waals surface area contributed by atoms with Crippen LogP contribution in [0.3, 0.4) is 0 Å². The van der Waals surface area contributed by atoms with Crippen LogP contribution in [0.4, 0.5) is 10.1 Å². The first-order valence-electron chi connectivity index (χ1n) is 8.35. The molecule has 2 aromatic carbocycles. The van der Waals surface area contributed by atoms with E-state index in [0.717, 1.165) is 31.4 Å². The van der Waals surface area contributed by atoms with Crippen molar-refractivity contribution in [2.24, 2.45) is 0 Å². The average molecular weight is 431 g/mol. The second kappa shape index (κ2) is 8.14. The molecule has 1 N–H and O–H groups in total. The van der Waals surface area contributed by atoms with Gasteiger partial charge in [0.05, 0.1) is 10.7 Å². The Labute approximate surface area is 167 Å². The minimum atomic E-state index is -4.01. The minimum Gasteiger partial charge on any atom is -0.321 e. The Kier molecular flexibility index (Phi) is 6.05. The van der Waals surface area contributed by atoms with Crippen molar-refractivity contribution in [1.82, 2.24) is 4.31 Å². The van der Waals surface area contributed by atoms with Crippen LogP contribution in [-0.2, 0) is 10.0 Å². The Bertz CT molecular complexity index is 977. The van der Waals surface area contributed by atoms with Gasteiger partial charge in [-0.25, -0.2) is 12.8 Å². The van der Waals surface area contributed by atoms with Gasteiger partial charge in [0.1, 0.15) is 10.7 Å². The van der Waals surface area contributed by atoms with Gasteiger partial charge in [0.25, 0.3) is 5.91 Å². The van der Waals surface area contributed by atoms with Crippen LogP contribution >= 0.6 is 23.2 Å². The van der Waals surface area contributed by atoms with E-state index in [1.807, 2.05) is 0 Å². The molecule has 1 amide bonds. The van der Waals surface area contributed by atoms with Gasteiger partial charge in [-0.05, 0) is 49.2 Å². The molecular weight excluding hydrogens is 414 g/mol. The number of carbonyl (C=O) groups is 1. The first kappa shape index (κ1) is 20.1. The van der Waals surface area contributed by atoms with E-state index in [4.69, 9.17) is 23.2 Å². The number of hydrogen-bond acceptors (Lipinski definition) is 3. The quantitative estimate of drug-likeness (QED) is 0.772. The fourth-order valence-electron chi connectivity index (χ4n) is 2.87. The lowest BCUT2D eigenvalue weighted by molar-refractivity contribution is 0.102. The Morgan fingerprint density at radius 3 is 2.44 bits per heavy atom. The van der Waals surface area contributed by atoms with Crippen molar-refractivity contribution in [3.05, 3.63) is 57.8 Å². The molecule has 1 aliphatic heterocycles. The second-order valence-corrected chi connectivity index (χ2v) is 8.94. The summed E-state index contributed by atoms with van der Waals surface area (Å²) in [7, 11) is -4.01. The molecule has 1 saturated heterocycles. The molecule has 0 radical (unpaired) electrons. The number of amides is 1. The van der Waals surface area contributed by atoms with E-state index in [-0.39, 0.29) is 16.3 Å². The monoisotopic (exact) mass is 430 g/mol. The number of nitrogens with one attached hydrogen (secondary N) is 1. The normalized spacial score (nSPS) is 15.5. The standard InChI is InChI=1S/C18H17Cl2FN2O3S/c19-13-5-6-14(20)16(11-13)22-18(24)12-4-7-15(21)17(10-12)27(25,26)23-8-2-1-3-9-23/h4-7,10-11H,1-3,8-9H2,(H,22,24). The molecule has 0 bridgehead atoms. The highest BCUT2D eigenvalue weighted by atomic mass is 35.5. The summed E-state index contributed by atoms with van der Waals surface area (Å²) in [5, 5.41) is 3.21. The molecule has 0 aliphatic carbocycles. The molecule has 27 heavy (non-hydrogen) atoms. The molecule has 0 atom stereocenters. The number of hydrogen-bond donors (Lipinski definition) is 1. The fraction of sp³-hybridized carbons (Fsp3) is 0.278. The molecule has 1 fully saturated rings. The predicted molar refractivity (Wildman–Crippen MR) is 103 cm³/mol. The van der Waals surface area contributed by atoms with Gasteiger partial charge in [-0.1, -0.05) is 29.6 Å². The summed E-state index contributed by atoms with van der Waals surface area (Å²) in [4.78, 5) is 12.0. The van der Waals surface area contributed by atoms with E-state index >= 15 is 0 Å². The Balaban J connectivity index is 1.90. The highest BCUT2D eigenvalue weighted by Gasteiger charge is 2.29. The molecule has 2 aromatic rings. The SMILES string of the molecule is O=C(Nc1cc(Cl)ccc1Cl)c1ccc(F)c(S(=O)(=O)N2CCCCC2)c1. The molecule has 0 unspecified atom stereocenters. The molecule has 9 heteroatoms. The number of halogens is 3. The Hall–Kier alpha value is -1.67. The van der Waals surface area contributed by atoms with Crippen molar-refractivity contribution in [3.63, 3.8) is 0 Å². The topological polar surface area (TPSA) is 66.5 Å². The molecule has 3 rings (SSSR count). The van der Waals surface area contributed by atoms with Crippen molar-refractivity contribution < 1.29 is 17.6 Å². The Morgan fingerprint density at radius 1 is 1.04 bits per heavy atom. The van der Waals surface area contributed by atoms with Gasteiger partial charge >= 0.3 is 0 Å². The van der Waals surface area contributed by atoms with Gasteiger partial charge in [0.15, 0.2) is 0 Å². The van der Waals surface area contributed by atoms with E-state index in [9.17, 15) is 17.6 Å². The first-order valence-corrected chi connectivity index (χ1v) is 10.5. The number of rotatable bonds is 4. The van der Waals surface area contributed by atoms with E-state index in [1.165, 1.54) is 22.5 Å². The summed E-state index contributed by atoms with van der Waals surface area (Å²) >= 11 is 11.9. The van der Waals surface area contributed by atoms with Gasteiger partial charge in [0.2, 0.25) is 10.0 Å². The van der Waals surface area contributed by atoms with E-state index in [0.29, 0.717) is 18.1 Å². The third-order valence-electron chi connectivity index (χ3n) is 4.30. The second-order valence-electron chi connectivity index (χ2n) is 6.19. The summed E-state index contributed by atoms with van der Waals surface area (Å²) in [5.74, 6) is -1.51. The molecule has 5 nitrogen and oxygen atoms in total. The van der Waals surface area contributed by atoms with E-state index in [1.54, 1.807) is 6.07 Å². The lowest BCUT2D eigenvalue weighted by Crippen LogP contribution is -2.36. The molecule has 0 spiro atoms. The first-order chi connectivity index (χ1) is 12.8. The number of benzene rings is 2. The van der Waals surface area contributed by atoms with Crippen molar-refractivity contribution in [2.75, 3.05) is 18.4 Å². The number of nitrogens with zero attached hydrogens (tertiary/aromatic N) is 1. The summed E-state index contributed by atoms with van der Waals surface area (Å²) in [5.41, 5.74) is 0.280. The van der Waals surface area contributed by atoms with Crippen LogP contribution in [0.15, 0.2) is 41.3 Å². The van der Waals surface area contributed by atoms with Crippen molar-refractivity contribution in [3.8, 4) is 0 Å². The van der Waals surface area contributed by atoms with E-state index < -0.39 is 26.6 Å².